The molecule has 1 heterocycles. The molecule has 0 aliphatic rings. The van der Waals surface area contributed by atoms with Gasteiger partial charge in [-0.1, -0.05) is 53.5 Å². The molecule has 1 aromatic heterocycles. The summed E-state index contributed by atoms with van der Waals surface area (Å²) in [5.41, 5.74) is 3.98. The van der Waals surface area contributed by atoms with E-state index in [1.165, 1.54) is 16.9 Å². The molecule has 0 aliphatic heterocycles. The van der Waals surface area contributed by atoms with E-state index in [0.29, 0.717) is 10.0 Å². The number of hydrogen-bond acceptors (Lipinski definition) is 4. The molecule has 156 valence electrons. The molecule has 0 bridgehead atoms. The topological polar surface area (TPSA) is 49.9 Å². The zero-order valence-electron chi connectivity index (χ0n) is 16.5. The Bertz CT molecular complexity index is 1260. The van der Waals surface area contributed by atoms with Gasteiger partial charge in [-0.15, -0.1) is 16.4 Å². The summed E-state index contributed by atoms with van der Waals surface area (Å²) in [6, 6.07) is 22.6. The summed E-state index contributed by atoms with van der Waals surface area (Å²) in [6.45, 7) is 0.732. The van der Waals surface area contributed by atoms with Crippen LogP contribution in [0.2, 0.25) is 10.0 Å². The van der Waals surface area contributed by atoms with Crippen molar-refractivity contribution in [2.45, 2.75) is 13.0 Å². The zero-order chi connectivity index (χ0) is 21.6. The number of hydrogen-bond donors (Lipinski definition) is 1. The van der Waals surface area contributed by atoms with Gasteiger partial charge in [0.25, 0.3) is 0 Å². The van der Waals surface area contributed by atoms with Crippen molar-refractivity contribution in [3.05, 3.63) is 104 Å². The maximum absolute atomic E-state index is 9.41. The molecule has 0 radical (unpaired) electrons. The highest BCUT2D eigenvalue weighted by molar-refractivity contribution is 7.07. The van der Waals surface area contributed by atoms with Crippen molar-refractivity contribution < 1.29 is 5.11 Å². The molecule has 4 nitrogen and oxygen atoms in total. The van der Waals surface area contributed by atoms with Crippen LogP contribution in [0.15, 0.2) is 88.4 Å². The standard InChI is InChI=1S/C24H19Cl2N3OS/c25-19-8-11-21(22(26)14-19)23-16-31-24(28-27-15-18-6-9-20(30)10-7-18)29(23)13-12-17-4-2-1-3-5-17/h1-11,14-16,30H,12-13H2/b27-15+,28-24?. The molecular weight excluding hydrogens is 449 g/mol. The van der Waals surface area contributed by atoms with E-state index in [-0.39, 0.29) is 5.75 Å². The number of aromatic hydroxyl groups is 1. The lowest BCUT2D eigenvalue weighted by Crippen LogP contribution is -2.17. The lowest BCUT2D eigenvalue weighted by molar-refractivity contribution is 0.475. The second-order valence-corrected chi connectivity index (χ2v) is 8.53. The van der Waals surface area contributed by atoms with Gasteiger partial charge in [-0.3, -0.25) is 0 Å². The molecule has 1 N–H and O–H groups in total. The third kappa shape index (κ3) is 5.44. The van der Waals surface area contributed by atoms with Crippen molar-refractivity contribution in [3.63, 3.8) is 0 Å². The van der Waals surface area contributed by atoms with Gasteiger partial charge in [-0.2, -0.15) is 5.10 Å². The van der Waals surface area contributed by atoms with E-state index in [1.807, 2.05) is 35.7 Å². The fraction of sp³-hybridized carbons (Fsp3) is 0.0833. The predicted octanol–water partition coefficient (Wildman–Crippen LogP) is 6.41. The smallest absolute Gasteiger partial charge is 0.211 e. The van der Waals surface area contributed by atoms with E-state index in [1.54, 1.807) is 36.5 Å². The maximum atomic E-state index is 9.41. The first-order chi connectivity index (χ1) is 15.1. The largest absolute Gasteiger partial charge is 0.508 e. The number of phenols is 1. The van der Waals surface area contributed by atoms with Gasteiger partial charge in [0.15, 0.2) is 0 Å². The lowest BCUT2D eigenvalue weighted by atomic mass is 10.1. The number of nitrogens with zero attached hydrogens (tertiary/aromatic N) is 3. The minimum Gasteiger partial charge on any atom is -0.508 e. The highest BCUT2D eigenvalue weighted by Gasteiger charge is 2.12. The van der Waals surface area contributed by atoms with Gasteiger partial charge in [-0.25, -0.2) is 0 Å². The molecule has 4 rings (SSSR count). The number of rotatable bonds is 6. The van der Waals surface area contributed by atoms with Crippen LogP contribution in [0.3, 0.4) is 0 Å². The minimum absolute atomic E-state index is 0.218. The van der Waals surface area contributed by atoms with Gasteiger partial charge in [0, 0.05) is 22.5 Å². The quantitative estimate of drug-likeness (QED) is 0.258. The van der Waals surface area contributed by atoms with Crippen LogP contribution in [-0.4, -0.2) is 15.9 Å². The molecule has 0 aliphatic carbocycles. The molecule has 0 spiro atoms. The number of benzene rings is 3. The molecule has 7 heteroatoms. The molecule has 0 saturated heterocycles. The van der Waals surface area contributed by atoms with Crippen molar-refractivity contribution in [2.75, 3.05) is 0 Å². The average Bonchev–Trinajstić information content (AvgIpc) is 3.17. The van der Waals surface area contributed by atoms with Gasteiger partial charge in [0.1, 0.15) is 5.75 Å². The Labute approximate surface area is 194 Å². The summed E-state index contributed by atoms with van der Waals surface area (Å²) in [7, 11) is 0. The summed E-state index contributed by atoms with van der Waals surface area (Å²) in [4.78, 5) is 0.770. The average molecular weight is 468 g/mol. The number of aryl methyl sites for hydroxylation is 1. The fourth-order valence-corrected chi connectivity index (χ4v) is 4.52. The van der Waals surface area contributed by atoms with Gasteiger partial charge in [0.2, 0.25) is 4.80 Å². The van der Waals surface area contributed by atoms with Crippen molar-refractivity contribution in [1.29, 1.82) is 0 Å². The molecule has 31 heavy (non-hydrogen) atoms. The molecule has 0 fully saturated rings. The van der Waals surface area contributed by atoms with Gasteiger partial charge >= 0.3 is 0 Å². The van der Waals surface area contributed by atoms with Crippen LogP contribution >= 0.6 is 34.5 Å². The summed E-state index contributed by atoms with van der Waals surface area (Å²) in [5.74, 6) is 0.218. The zero-order valence-corrected chi connectivity index (χ0v) is 18.8. The van der Waals surface area contributed by atoms with E-state index >= 15 is 0 Å². The van der Waals surface area contributed by atoms with Crippen LogP contribution in [0.1, 0.15) is 11.1 Å². The van der Waals surface area contributed by atoms with Crippen LogP contribution < -0.4 is 4.80 Å². The summed E-state index contributed by atoms with van der Waals surface area (Å²) >= 11 is 14.1. The van der Waals surface area contributed by atoms with E-state index in [2.05, 4.69) is 26.9 Å². The number of thiazole rings is 1. The molecule has 0 unspecified atom stereocenters. The second-order valence-electron chi connectivity index (χ2n) is 6.85. The van der Waals surface area contributed by atoms with Crippen LogP contribution in [0, 0.1) is 0 Å². The third-order valence-electron chi connectivity index (χ3n) is 4.71. The van der Waals surface area contributed by atoms with E-state index in [9.17, 15) is 5.11 Å². The lowest BCUT2D eigenvalue weighted by Gasteiger charge is -2.10. The summed E-state index contributed by atoms with van der Waals surface area (Å²) in [6.07, 6.45) is 2.51. The molecule has 0 atom stereocenters. The molecule has 4 aromatic rings. The Balaban J connectivity index is 1.70. The van der Waals surface area contributed by atoms with E-state index in [0.717, 1.165) is 34.6 Å². The number of aromatic nitrogens is 1. The van der Waals surface area contributed by atoms with Gasteiger partial charge in [0.05, 0.1) is 16.9 Å². The SMILES string of the molecule is Oc1ccc(/C=N/N=c2scc(-c3ccc(Cl)cc3Cl)n2CCc2ccccc2)cc1. The number of phenolic OH excluding ortho intramolecular Hbond substituents is 1. The van der Waals surface area contributed by atoms with Crippen molar-refractivity contribution in [1.82, 2.24) is 4.57 Å². The fourth-order valence-electron chi connectivity index (χ4n) is 3.13. The Hall–Kier alpha value is -2.86. The van der Waals surface area contributed by atoms with Crippen LogP contribution in [0.25, 0.3) is 11.3 Å². The molecule has 0 saturated carbocycles. The van der Waals surface area contributed by atoms with Crippen molar-refractivity contribution in [3.8, 4) is 17.0 Å². The number of halogens is 2. The highest BCUT2D eigenvalue weighted by atomic mass is 35.5. The Morgan fingerprint density at radius 1 is 0.968 bits per heavy atom. The first kappa shape index (κ1) is 21.4. The molecule has 3 aromatic carbocycles. The monoisotopic (exact) mass is 467 g/mol. The Morgan fingerprint density at radius 3 is 2.48 bits per heavy atom. The normalized spacial score (nSPS) is 12.0. The first-order valence-corrected chi connectivity index (χ1v) is 11.3. The molecular formula is C24H19Cl2N3OS. The summed E-state index contributed by atoms with van der Waals surface area (Å²) in [5, 5.41) is 21.3. The summed E-state index contributed by atoms with van der Waals surface area (Å²) < 4.78 is 2.13. The second kappa shape index (κ2) is 9.96. The van der Waals surface area contributed by atoms with Crippen LogP contribution in [0.4, 0.5) is 0 Å². The van der Waals surface area contributed by atoms with E-state index < -0.39 is 0 Å². The van der Waals surface area contributed by atoms with Crippen LogP contribution in [0.5, 0.6) is 5.75 Å². The first-order valence-electron chi connectivity index (χ1n) is 9.64. The van der Waals surface area contributed by atoms with Crippen LogP contribution in [-0.2, 0) is 13.0 Å². The Morgan fingerprint density at radius 2 is 1.74 bits per heavy atom. The minimum atomic E-state index is 0.218. The highest BCUT2D eigenvalue weighted by Crippen LogP contribution is 2.30. The maximum Gasteiger partial charge on any atom is 0.211 e. The van der Waals surface area contributed by atoms with Gasteiger partial charge in [-0.05, 0) is 60.0 Å². The van der Waals surface area contributed by atoms with Gasteiger partial charge < -0.3 is 9.67 Å². The third-order valence-corrected chi connectivity index (χ3v) is 6.12. The van der Waals surface area contributed by atoms with Crippen molar-refractivity contribution in [2.24, 2.45) is 10.2 Å². The van der Waals surface area contributed by atoms with E-state index in [4.69, 9.17) is 23.2 Å². The predicted molar refractivity (Wildman–Crippen MR) is 129 cm³/mol. The van der Waals surface area contributed by atoms with Crippen molar-refractivity contribution >= 4 is 40.8 Å². The Kier molecular flexibility index (Phi) is 6.87. The molecule has 0 amide bonds.